The lowest BCUT2D eigenvalue weighted by Crippen LogP contribution is -2.39. The van der Waals surface area contributed by atoms with Crippen molar-refractivity contribution in [2.45, 2.75) is 38.6 Å². The molecule has 0 radical (unpaired) electrons. The Morgan fingerprint density at radius 2 is 1.76 bits per heavy atom. The third kappa shape index (κ3) is 6.15. The number of benzene rings is 1. The second-order valence-corrected chi connectivity index (χ2v) is 8.27. The van der Waals surface area contributed by atoms with Gasteiger partial charge in [0, 0.05) is 32.4 Å². The molecule has 0 unspecified atom stereocenters. The predicted octanol–water partition coefficient (Wildman–Crippen LogP) is 1.91. The molecular formula is C23H34N4O2. The molecule has 1 aliphatic heterocycles. The summed E-state index contributed by atoms with van der Waals surface area (Å²) in [6.07, 6.45) is 7.70. The zero-order chi connectivity index (χ0) is 20.6. The predicted molar refractivity (Wildman–Crippen MR) is 117 cm³/mol. The summed E-state index contributed by atoms with van der Waals surface area (Å²) in [5.41, 5.74) is 1.60. The van der Waals surface area contributed by atoms with Crippen LogP contribution in [0.3, 0.4) is 0 Å². The fraction of sp³-hybridized carbons (Fsp3) is 0.565. The first kappa shape index (κ1) is 21.5. The average molecular weight is 399 g/mol. The first-order chi connectivity index (χ1) is 14.0. The number of nitrogens with zero attached hydrogens (tertiary/aromatic N) is 3. The van der Waals surface area contributed by atoms with Gasteiger partial charge in [-0.2, -0.15) is 0 Å². The van der Waals surface area contributed by atoms with E-state index in [1.165, 1.54) is 60.5 Å². The van der Waals surface area contributed by atoms with E-state index in [4.69, 9.17) is 0 Å². The lowest BCUT2D eigenvalue weighted by Gasteiger charge is -2.32. The first-order valence-corrected chi connectivity index (χ1v) is 10.8. The molecule has 0 spiro atoms. The Morgan fingerprint density at radius 3 is 2.48 bits per heavy atom. The van der Waals surface area contributed by atoms with E-state index in [0.717, 1.165) is 25.4 Å². The Balaban J connectivity index is 1.29. The molecule has 158 valence electrons. The Labute approximate surface area is 173 Å². The van der Waals surface area contributed by atoms with Crippen LogP contribution < -0.4 is 16.6 Å². The molecule has 2 heterocycles. The number of aromatic nitrogens is 2. The average Bonchev–Trinajstić information content (AvgIpc) is 2.74. The van der Waals surface area contributed by atoms with Crippen LogP contribution in [0.4, 0.5) is 0 Å². The standard InChI is InChI=1S/C23H34N4O2/c1-25-18-21(22(28)26(2)23(25)29)17-24-12-6-7-13-27-14-10-20(11-15-27)16-19-8-4-3-5-9-19/h3-5,8-9,18,20,24H,6-7,10-17H2,1-2H3. The number of unbranched alkanes of at least 4 members (excludes halogenated alkanes) is 1. The minimum absolute atomic E-state index is 0.209. The van der Waals surface area contributed by atoms with Crippen molar-refractivity contribution in [2.75, 3.05) is 26.2 Å². The Morgan fingerprint density at radius 1 is 1.03 bits per heavy atom. The van der Waals surface area contributed by atoms with Gasteiger partial charge in [-0.25, -0.2) is 4.79 Å². The summed E-state index contributed by atoms with van der Waals surface area (Å²) in [6.45, 7) is 4.96. The maximum absolute atomic E-state index is 12.1. The van der Waals surface area contributed by atoms with Crippen molar-refractivity contribution >= 4 is 0 Å². The van der Waals surface area contributed by atoms with E-state index in [2.05, 4.69) is 40.5 Å². The minimum Gasteiger partial charge on any atom is -0.312 e. The van der Waals surface area contributed by atoms with Crippen molar-refractivity contribution in [2.24, 2.45) is 20.0 Å². The van der Waals surface area contributed by atoms with Gasteiger partial charge in [0.2, 0.25) is 0 Å². The normalized spacial score (nSPS) is 15.7. The van der Waals surface area contributed by atoms with Gasteiger partial charge < -0.3 is 14.8 Å². The maximum atomic E-state index is 12.1. The highest BCUT2D eigenvalue weighted by Crippen LogP contribution is 2.21. The minimum atomic E-state index is -0.286. The summed E-state index contributed by atoms with van der Waals surface area (Å²) in [5, 5.41) is 3.34. The van der Waals surface area contributed by atoms with Crippen molar-refractivity contribution in [3.8, 4) is 0 Å². The molecule has 0 aliphatic carbocycles. The second kappa shape index (κ2) is 10.6. The number of hydrogen-bond donors (Lipinski definition) is 1. The molecular weight excluding hydrogens is 364 g/mol. The van der Waals surface area contributed by atoms with Crippen LogP contribution in [0, 0.1) is 5.92 Å². The fourth-order valence-electron chi connectivity index (χ4n) is 4.17. The van der Waals surface area contributed by atoms with Gasteiger partial charge in [-0.1, -0.05) is 30.3 Å². The highest BCUT2D eigenvalue weighted by molar-refractivity contribution is 5.15. The number of nitrogens with one attached hydrogen (secondary N) is 1. The molecule has 1 N–H and O–H groups in total. The fourth-order valence-corrected chi connectivity index (χ4v) is 4.17. The molecule has 29 heavy (non-hydrogen) atoms. The topological polar surface area (TPSA) is 59.3 Å². The number of likely N-dealkylation sites (tertiary alicyclic amines) is 1. The van der Waals surface area contributed by atoms with Crippen LogP contribution in [-0.4, -0.2) is 40.2 Å². The quantitative estimate of drug-likeness (QED) is 0.656. The van der Waals surface area contributed by atoms with Crippen molar-refractivity contribution < 1.29 is 0 Å². The van der Waals surface area contributed by atoms with E-state index in [1.54, 1.807) is 13.2 Å². The highest BCUT2D eigenvalue weighted by Gasteiger charge is 2.18. The largest absolute Gasteiger partial charge is 0.330 e. The van der Waals surface area contributed by atoms with Gasteiger partial charge in [0.1, 0.15) is 0 Å². The van der Waals surface area contributed by atoms with Crippen molar-refractivity contribution in [1.82, 2.24) is 19.4 Å². The molecule has 6 heteroatoms. The summed E-state index contributed by atoms with van der Waals surface area (Å²) in [7, 11) is 3.20. The van der Waals surface area contributed by atoms with Gasteiger partial charge >= 0.3 is 5.69 Å². The van der Waals surface area contributed by atoms with Gasteiger partial charge in [-0.3, -0.25) is 9.36 Å². The molecule has 0 bridgehead atoms. The van der Waals surface area contributed by atoms with Crippen LogP contribution >= 0.6 is 0 Å². The highest BCUT2D eigenvalue weighted by atomic mass is 16.2. The SMILES string of the molecule is Cn1cc(CNCCCCN2CCC(Cc3ccccc3)CC2)c(=O)n(C)c1=O. The van der Waals surface area contributed by atoms with E-state index in [-0.39, 0.29) is 11.2 Å². The lowest BCUT2D eigenvalue weighted by molar-refractivity contribution is 0.181. The molecule has 0 saturated carbocycles. The van der Waals surface area contributed by atoms with Gasteiger partial charge in [-0.05, 0) is 69.8 Å². The summed E-state index contributed by atoms with van der Waals surface area (Å²) in [5.74, 6) is 0.819. The summed E-state index contributed by atoms with van der Waals surface area (Å²) < 4.78 is 2.62. The second-order valence-electron chi connectivity index (χ2n) is 8.27. The molecule has 1 fully saturated rings. The molecule has 1 saturated heterocycles. The number of rotatable bonds is 9. The monoisotopic (exact) mass is 398 g/mol. The van der Waals surface area contributed by atoms with Crippen molar-refractivity contribution in [1.29, 1.82) is 0 Å². The Kier molecular flexibility index (Phi) is 7.83. The van der Waals surface area contributed by atoms with Gasteiger partial charge in [0.25, 0.3) is 5.56 Å². The zero-order valence-corrected chi connectivity index (χ0v) is 17.8. The number of hydrogen-bond acceptors (Lipinski definition) is 4. The van der Waals surface area contributed by atoms with E-state index >= 15 is 0 Å². The van der Waals surface area contributed by atoms with Crippen LogP contribution in [0.5, 0.6) is 0 Å². The molecule has 1 aromatic heterocycles. The Hall–Kier alpha value is -2.18. The molecule has 1 aliphatic rings. The van der Waals surface area contributed by atoms with Crippen LogP contribution in [0.15, 0.2) is 46.1 Å². The van der Waals surface area contributed by atoms with Crippen LogP contribution in [0.25, 0.3) is 0 Å². The molecule has 0 amide bonds. The molecule has 1 aromatic carbocycles. The maximum Gasteiger partial charge on any atom is 0.330 e. The van der Waals surface area contributed by atoms with E-state index in [0.29, 0.717) is 12.1 Å². The van der Waals surface area contributed by atoms with Gasteiger partial charge in [-0.15, -0.1) is 0 Å². The molecule has 3 rings (SSSR count). The summed E-state index contributed by atoms with van der Waals surface area (Å²) in [4.78, 5) is 26.4. The number of aryl methyl sites for hydroxylation is 1. The van der Waals surface area contributed by atoms with Crippen molar-refractivity contribution in [3.05, 3.63) is 68.5 Å². The lowest BCUT2D eigenvalue weighted by atomic mass is 9.90. The van der Waals surface area contributed by atoms with E-state index in [1.807, 2.05) is 0 Å². The third-order valence-electron chi connectivity index (χ3n) is 5.99. The number of piperidine rings is 1. The van der Waals surface area contributed by atoms with Crippen LogP contribution in [0.1, 0.15) is 36.8 Å². The first-order valence-electron chi connectivity index (χ1n) is 10.8. The van der Waals surface area contributed by atoms with Gasteiger partial charge in [0.05, 0.1) is 0 Å². The summed E-state index contributed by atoms with van der Waals surface area (Å²) in [6, 6.07) is 10.8. The smallest absolute Gasteiger partial charge is 0.312 e. The molecule has 0 atom stereocenters. The van der Waals surface area contributed by atoms with Crippen molar-refractivity contribution in [3.63, 3.8) is 0 Å². The molecule has 2 aromatic rings. The summed E-state index contributed by atoms with van der Waals surface area (Å²) >= 11 is 0. The molecule has 6 nitrogen and oxygen atoms in total. The van der Waals surface area contributed by atoms with E-state index < -0.39 is 0 Å². The van der Waals surface area contributed by atoms with Crippen LogP contribution in [-0.2, 0) is 27.1 Å². The van der Waals surface area contributed by atoms with Gasteiger partial charge in [0.15, 0.2) is 0 Å². The zero-order valence-electron chi connectivity index (χ0n) is 17.8. The third-order valence-corrected chi connectivity index (χ3v) is 5.99. The van der Waals surface area contributed by atoms with E-state index in [9.17, 15) is 9.59 Å². The Bertz CT molecular complexity index is 880. The van der Waals surface area contributed by atoms with Crippen LogP contribution in [0.2, 0.25) is 0 Å².